The van der Waals surface area contributed by atoms with Gasteiger partial charge in [0.2, 0.25) is 11.8 Å². The predicted molar refractivity (Wildman–Crippen MR) is 91.6 cm³/mol. The van der Waals surface area contributed by atoms with E-state index in [-0.39, 0.29) is 12.6 Å². The number of unbranched alkanes of at least 4 members (excludes halogenated alkanes) is 2. The number of aromatic nitrogens is 2. The van der Waals surface area contributed by atoms with E-state index in [1.807, 2.05) is 6.92 Å². The lowest BCUT2D eigenvalue weighted by Gasteiger charge is -2.20. The third-order valence-electron chi connectivity index (χ3n) is 3.55. The first-order valence-electron chi connectivity index (χ1n) is 7.90. The van der Waals surface area contributed by atoms with Gasteiger partial charge in [-0.15, -0.1) is 0 Å². The Morgan fingerprint density at radius 1 is 1.20 bits per heavy atom. The molecule has 0 N–H and O–H groups in total. The molecule has 0 aliphatic carbocycles. The molecule has 1 aromatic carbocycles. The van der Waals surface area contributed by atoms with E-state index in [0.29, 0.717) is 17.1 Å². The lowest BCUT2D eigenvalue weighted by molar-refractivity contribution is -0.139. The van der Waals surface area contributed by atoms with Gasteiger partial charge < -0.3 is 9.64 Å². The second kappa shape index (κ2) is 8.38. The summed E-state index contributed by atoms with van der Waals surface area (Å²) in [6.45, 7) is 2.17. The van der Waals surface area contributed by atoms with Crippen molar-refractivity contribution in [2.24, 2.45) is 0 Å². The van der Waals surface area contributed by atoms with Crippen LogP contribution in [-0.4, -0.2) is 23.6 Å². The van der Waals surface area contributed by atoms with E-state index in [1.165, 1.54) is 4.90 Å². The minimum absolute atomic E-state index is 0.0755. The summed E-state index contributed by atoms with van der Waals surface area (Å²) in [7, 11) is 1.63. The van der Waals surface area contributed by atoms with Crippen LogP contribution in [0.4, 0.5) is 24.8 Å². The number of para-hydroxylation sites is 1. The molecule has 0 saturated heterocycles. The molecule has 1 heterocycles. The van der Waals surface area contributed by atoms with Crippen LogP contribution in [0.1, 0.15) is 31.7 Å². The fourth-order valence-electron chi connectivity index (χ4n) is 2.18. The number of ether oxygens (including phenoxy) is 1. The molecule has 136 valence electrons. The Balaban J connectivity index is 2.32. The second-order valence-electron chi connectivity index (χ2n) is 5.45. The Kier molecular flexibility index (Phi) is 6.47. The molecule has 0 spiro atoms. The lowest BCUT2D eigenvalue weighted by atomic mass is 10.2. The van der Waals surface area contributed by atoms with Crippen molar-refractivity contribution in [3.05, 3.63) is 41.0 Å². The molecule has 2 aromatic rings. The highest BCUT2D eigenvalue weighted by Gasteiger charge is 2.36. The van der Waals surface area contributed by atoms with Crippen LogP contribution >= 0.6 is 11.6 Å². The molecule has 0 radical (unpaired) electrons. The molecule has 0 atom stereocenters. The van der Waals surface area contributed by atoms with Crippen molar-refractivity contribution in [3.8, 4) is 5.88 Å². The number of alkyl halides is 3. The van der Waals surface area contributed by atoms with E-state index in [4.69, 9.17) is 16.3 Å². The first-order chi connectivity index (χ1) is 11.8. The molecule has 0 aliphatic heterocycles. The summed E-state index contributed by atoms with van der Waals surface area (Å²) in [6.07, 6.45) is -1.36. The minimum atomic E-state index is -4.58. The van der Waals surface area contributed by atoms with Gasteiger partial charge in [0.25, 0.3) is 0 Å². The zero-order valence-corrected chi connectivity index (χ0v) is 14.7. The summed E-state index contributed by atoms with van der Waals surface area (Å²) in [5.41, 5.74) is -0.402. The molecular formula is C17H19ClF3N3O. The number of anilines is 2. The Labute approximate surface area is 149 Å². The highest BCUT2D eigenvalue weighted by Crippen LogP contribution is 2.36. The van der Waals surface area contributed by atoms with Crippen LogP contribution in [-0.2, 0) is 6.18 Å². The first-order valence-corrected chi connectivity index (χ1v) is 8.27. The predicted octanol–water partition coefficient (Wildman–Crippen LogP) is 5.49. The van der Waals surface area contributed by atoms with Gasteiger partial charge in [-0.3, -0.25) is 0 Å². The van der Waals surface area contributed by atoms with Crippen molar-refractivity contribution in [2.75, 3.05) is 18.6 Å². The van der Waals surface area contributed by atoms with Crippen LogP contribution in [0.25, 0.3) is 0 Å². The molecule has 1 aromatic heterocycles. The summed E-state index contributed by atoms with van der Waals surface area (Å²) >= 11 is 6.12. The highest BCUT2D eigenvalue weighted by atomic mass is 35.5. The number of rotatable bonds is 7. The van der Waals surface area contributed by atoms with Crippen molar-refractivity contribution in [1.29, 1.82) is 0 Å². The molecule has 4 nitrogen and oxygen atoms in total. The van der Waals surface area contributed by atoms with Crippen LogP contribution in [0.2, 0.25) is 5.02 Å². The topological polar surface area (TPSA) is 38.2 Å². The molecule has 0 bridgehead atoms. The van der Waals surface area contributed by atoms with E-state index in [1.54, 1.807) is 31.3 Å². The van der Waals surface area contributed by atoms with Crippen molar-refractivity contribution in [3.63, 3.8) is 0 Å². The third kappa shape index (κ3) is 4.98. The fraction of sp³-hybridized carbons (Fsp3) is 0.412. The van der Waals surface area contributed by atoms with Crippen LogP contribution in [0, 0.1) is 0 Å². The molecule has 25 heavy (non-hydrogen) atoms. The number of hydrogen-bond acceptors (Lipinski definition) is 4. The number of nitrogens with zero attached hydrogens (tertiary/aromatic N) is 3. The summed E-state index contributed by atoms with van der Waals surface area (Å²) in [6, 6.07) is 6.93. The fourth-order valence-corrected chi connectivity index (χ4v) is 2.44. The van der Waals surface area contributed by atoms with Crippen molar-refractivity contribution >= 4 is 23.2 Å². The maximum Gasteiger partial charge on any atom is 0.423 e. The largest absolute Gasteiger partial charge is 0.477 e. The van der Waals surface area contributed by atoms with Gasteiger partial charge in [-0.05, 0) is 18.6 Å². The number of hydrogen-bond donors (Lipinski definition) is 0. The maximum absolute atomic E-state index is 13.1. The molecule has 0 aliphatic rings. The van der Waals surface area contributed by atoms with Crippen LogP contribution in [0.15, 0.2) is 30.5 Å². The summed E-state index contributed by atoms with van der Waals surface area (Å²) in [5.74, 6) is -0.390. The Morgan fingerprint density at radius 2 is 1.92 bits per heavy atom. The van der Waals surface area contributed by atoms with E-state index >= 15 is 0 Å². The normalized spacial score (nSPS) is 11.4. The minimum Gasteiger partial charge on any atom is -0.477 e. The monoisotopic (exact) mass is 373 g/mol. The average Bonchev–Trinajstić information content (AvgIpc) is 2.57. The SMILES string of the molecule is CCCCCOc1nc(N(C)c2ccccc2Cl)ncc1C(F)(F)F. The summed E-state index contributed by atoms with van der Waals surface area (Å²) in [5, 5.41) is 0.443. The smallest absolute Gasteiger partial charge is 0.423 e. The Bertz CT molecular complexity index is 710. The number of benzene rings is 1. The van der Waals surface area contributed by atoms with E-state index in [0.717, 1.165) is 19.0 Å². The van der Waals surface area contributed by atoms with Crippen molar-refractivity contribution < 1.29 is 17.9 Å². The Morgan fingerprint density at radius 3 is 2.56 bits per heavy atom. The Hall–Kier alpha value is -2.02. The van der Waals surface area contributed by atoms with Gasteiger partial charge in [0.1, 0.15) is 5.56 Å². The zero-order chi connectivity index (χ0) is 18.4. The molecule has 0 amide bonds. The summed E-state index contributed by atoms with van der Waals surface area (Å²) < 4.78 is 44.7. The van der Waals surface area contributed by atoms with Crippen LogP contribution < -0.4 is 9.64 Å². The van der Waals surface area contributed by atoms with Gasteiger partial charge in [-0.25, -0.2) is 4.98 Å². The molecule has 2 rings (SSSR count). The molecule has 0 unspecified atom stereocenters. The highest BCUT2D eigenvalue weighted by molar-refractivity contribution is 6.33. The van der Waals surface area contributed by atoms with E-state index in [9.17, 15) is 13.2 Å². The first kappa shape index (κ1) is 19.3. The van der Waals surface area contributed by atoms with Gasteiger partial charge in [0.15, 0.2) is 0 Å². The standard InChI is InChI=1S/C17H19ClF3N3O/c1-3-4-7-10-25-15-12(17(19,20)21)11-22-16(23-15)24(2)14-9-6-5-8-13(14)18/h5-6,8-9,11H,3-4,7,10H2,1-2H3. The van der Waals surface area contributed by atoms with E-state index < -0.39 is 17.6 Å². The lowest BCUT2D eigenvalue weighted by Crippen LogP contribution is -2.17. The quantitative estimate of drug-likeness (QED) is 0.602. The third-order valence-corrected chi connectivity index (χ3v) is 3.87. The van der Waals surface area contributed by atoms with Crippen LogP contribution in [0.3, 0.4) is 0 Å². The van der Waals surface area contributed by atoms with E-state index in [2.05, 4.69) is 9.97 Å². The van der Waals surface area contributed by atoms with Gasteiger partial charge in [0.05, 0.1) is 17.3 Å². The average molecular weight is 374 g/mol. The van der Waals surface area contributed by atoms with Crippen molar-refractivity contribution in [1.82, 2.24) is 9.97 Å². The molecule has 0 fully saturated rings. The molecule has 0 saturated carbocycles. The summed E-state index contributed by atoms with van der Waals surface area (Å²) in [4.78, 5) is 9.31. The van der Waals surface area contributed by atoms with Gasteiger partial charge >= 0.3 is 6.18 Å². The molecule has 8 heteroatoms. The zero-order valence-electron chi connectivity index (χ0n) is 14.0. The van der Waals surface area contributed by atoms with Crippen molar-refractivity contribution in [2.45, 2.75) is 32.4 Å². The maximum atomic E-state index is 13.1. The van der Waals surface area contributed by atoms with Crippen LogP contribution in [0.5, 0.6) is 5.88 Å². The van der Waals surface area contributed by atoms with Gasteiger partial charge in [-0.1, -0.05) is 43.5 Å². The number of halogens is 4. The molecular weight excluding hydrogens is 355 g/mol. The van der Waals surface area contributed by atoms with Gasteiger partial charge in [-0.2, -0.15) is 18.2 Å². The second-order valence-corrected chi connectivity index (χ2v) is 5.86. The van der Waals surface area contributed by atoms with Gasteiger partial charge in [0, 0.05) is 13.2 Å².